The van der Waals surface area contributed by atoms with Crippen LogP contribution >= 0.6 is 8.01 Å². The molecule has 1 heterocycles. The summed E-state index contributed by atoms with van der Waals surface area (Å²) in [7, 11) is -1.04. The molecule has 0 radical (unpaired) electrons. The Balaban J connectivity index is 2.01. The van der Waals surface area contributed by atoms with Gasteiger partial charge in [-0.25, -0.2) is 0 Å². The van der Waals surface area contributed by atoms with Crippen LogP contribution in [0.2, 0.25) is 0 Å². The third-order valence-electron chi connectivity index (χ3n) is 6.15. The van der Waals surface area contributed by atoms with Crippen molar-refractivity contribution in [1.29, 1.82) is 0 Å². The van der Waals surface area contributed by atoms with Crippen LogP contribution in [0.5, 0.6) is 0 Å². The van der Waals surface area contributed by atoms with Gasteiger partial charge in [-0.15, -0.1) is 0 Å². The molecule has 27 heavy (non-hydrogen) atoms. The van der Waals surface area contributed by atoms with Gasteiger partial charge in [0, 0.05) is 10.8 Å². The second-order valence-electron chi connectivity index (χ2n) is 9.18. The molecule has 0 saturated carbocycles. The molecule has 142 valence electrons. The van der Waals surface area contributed by atoms with Gasteiger partial charge in [0.05, 0.1) is 5.16 Å². The molecular formula is C24H29O2P. The summed E-state index contributed by atoms with van der Waals surface area (Å²) in [5.74, 6) is 0. The van der Waals surface area contributed by atoms with E-state index in [9.17, 15) is 0 Å². The van der Waals surface area contributed by atoms with Crippen molar-refractivity contribution in [3.8, 4) is 0 Å². The molecule has 2 aliphatic rings. The fourth-order valence-corrected chi connectivity index (χ4v) is 6.03. The van der Waals surface area contributed by atoms with E-state index in [1.807, 2.05) is 0 Å². The number of benzene rings is 2. The molecule has 0 fully saturated rings. The van der Waals surface area contributed by atoms with Crippen LogP contribution in [0.15, 0.2) is 32.7 Å². The highest BCUT2D eigenvalue weighted by Crippen LogP contribution is 2.48. The Morgan fingerprint density at radius 3 is 1.56 bits per heavy atom. The number of hydrogen-bond acceptors (Lipinski definition) is 2. The van der Waals surface area contributed by atoms with Crippen LogP contribution in [0, 0.1) is 0 Å². The van der Waals surface area contributed by atoms with Crippen molar-refractivity contribution < 1.29 is 8.39 Å². The first-order valence-corrected chi connectivity index (χ1v) is 11.7. The molecule has 0 spiro atoms. The second-order valence-corrected chi connectivity index (χ2v) is 11.4. The Morgan fingerprint density at radius 1 is 0.667 bits per heavy atom. The van der Waals surface area contributed by atoms with Crippen LogP contribution in [0.1, 0.15) is 68.7 Å². The smallest absolute Gasteiger partial charge is 0.222 e. The molecule has 3 aromatic rings. The van der Waals surface area contributed by atoms with Crippen LogP contribution in [-0.4, -0.2) is 0 Å². The molecule has 0 saturated heterocycles. The molecule has 0 amide bonds. The zero-order valence-corrected chi connectivity index (χ0v) is 17.6. The van der Waals surface area contributed by atoms with Crippen LogP contribution in [0.4, 0.5) is 0 Å². The van der Waals surface area contributed by atoms with Crippen LogP contribution in [-0.2, 0) is 30.8 Å². The lowest BCUT2D eigenvalue weighted by molar-refractivity contribution is 0.564. The van der Waals surface area contributed by atoms with E-state index in [1.54, 1.807) is 0 Å². The molecule has 3 heteroatoms. The Labute approximate surface area is 162 Å². The fraction of sp³-hybridized carbons (Fsp3) is 0.500. The van der Waals surface area contributed by atoms with E-state index >= 15 is 0 Å². The van der Waals surface area contributed by atoms with Gasteiger partial charge in [0.2, 0.25) is 8.01 Å². The first kappa shape index (κ1) is 17.4. The topological polar surface area (TPSA) is 26.3 Å². The van der Waals surface area contributed by atoms with E-state index in [0.717, 1.165) is 11.2 Å². The van der Waals surface area contributed by atoms with E-state index in [2.05, 4.69) is 45.0 Å². The third kappa shape index (κ3) is 2.93. The number of fused-ring (bicyclic) bond motifs is 7. The monoisotopic (exact) mass is 380 g/mol. The Bertz CT molecular complexity index is 991. The van der Waals surface area contributed by atoms with Crippen LogP contribution in [0.3, 0.4) is 0 Å². The van der Waals surface area contributed by atoms with Crippen molar-refractivity contribution in [3.63, 3.8) is 0 Å². The lowest BCUT2D eigenvalue weighted by atomic mass is 9.84. The van der Waals surface area contributed by atoms with E-state index < -0.39 is 8.01 Å². The fourth-order valence-electron chi connectivity index (χ4n) is 4.78. The van der Waals surface area contributed by atoms with Gasteiger partial charge < -0.3 is 8.39 Å². The lowest BCUT2D eigenvalue weighted by Crippen LogP contribution is -2.05. The van der Waals surface area contributed by atoms with Gasteiger partial charge in [0.25, 0.3) is 0 Å². The molecule has 5 rings (SSSR count). The maximum Gasteiger partial charge on any atom is 0.222 e. The lowest BCUT2D eigenvalue weighted by Gasteiger charge is -2.20. The predicted molar refractivity (Wildman–Crippen MR) is 115 cm³/mol. The standard InChI is InChI=1S/C24H29O2P/c1-24(2,3)27-25-20-14-12-16-8-4-6-10-18(16)22(20)23-19-11-7-5-9-17(19)13-15-21(23)26-27/h12-15H,4-11H2,1-3H3. The van der Waals surface area contributed by atoms with E-state index in [0.29, 0.717) is 0 Å². The molecule has 0 N–H and O–H groups in total. The Hall–Kier alpha value is -1.66. The number of hydrogen-bond donors (Lipinski definition) is 0. The molecule has 1 aromatic heterocycles. The highest BCUT2D eigenvalue weighted by molar-refractivity contribution is 7.38. The highest BCUT2D eigenvalue weighted by Gasteiger charge is 2.24. The number of rotatable bonds is 0. The molecule has 0 atom stereocenters. The van der Waals surface area contributed by atoms with E-state index in [-0.39, 0.29) is 5.16 Å². The van der Waals surface area contributed by atoms with Gasteiger partial charge in [-0.05, 0) is 107 Å². The number of aryl methyl sites for hydroxylation is 4. The predicted octanol–water partition coefficient (Wildman–Crippen LogP) is 7.80. The summed E-state index contributed by atoms with van der Waals surface area (Å²) in [5, 5.41) is 2.69. The van der Waals surface area contributed by atoms with Crippen molar-refractivity contribution in [2.24, 2.45) is 0 Å². The average Bonchev–Trinajstić information content (AvgIpc) is 2.85. The van der Waals surface area contributed by atoms with Gasteiger partial charge >= 0.3 is 0 Å². The minimum Gasteiger partial charge on any atom is -0.419 e. The van der Waals surface area contributed by atoms with Crippen LogP contribution in [0.25, 0.3) is 21.9 Å². The molecule has 2 aromatic carbocycles. The van der Waals surface area contributed by atoms with Gasteiger partial charge in [0.15, 0.2) is 0 Å². The van der Waals surface area contributed by atoms with Crippen molar-refractivity contribution in [2.75, 3.05) is 0 Å². The van der Waals surface area contributed by atoms with Gasteiger partial charge in [-0.1, -0.05) is 12.1 Å². The zero-order valence-electron chi connectivity index (χ0n) is 16.7. The average molecular weight is 380 g/mol. The Kier molecular flexibility index (Phi) is 4.17. The van der Waals surface area contributed by atoms with Crippen molar-refractivity contribution in [2.45, 2.75) is 77.3 Å². The van der Waals surface area contributed by atoms with Gasteiger partial charge in [-0.3, -0.25) is 0 Å². The first-order valence-electron chi connectivity index (χ1n) is 10.5. The molecule has 0 bridgehead atoms. The molecule has 2 nitrogen and oxygen atoms in total. The maximum atomic E-state index is 6.60. The normalized spacial score (nSPS) is 17.0. The summed E-state index contributed by atoms with van der Waals surface area (Å²) >= 11 is 0. The second kappa shape index (κ2) is 6.45. The minimum absolute atomic E-state index is 0.0278. The van der Waals surface area contributed by atoms with Crippen molar-refractivity contribution in [3.05, 3.63) is 46.5 Å². The van der Waals surface area contributed by atoms with Crippen molar-refractivity contribution >= 4 is 30.0 Å². The maximum absolute atomic E-state index is 6.60. The molecular weight excluding hydrogens is 351 g/mol. The summed E-state index contributed by atoms with van der Waals surface area (Å²) < 4.78 is 13.2. The molecule has 0 unspecified atom stereocenters. The first-order chi connectivity index (χ1) is 13.0. The van der Waals surface area contributed by atoms with Crippen LogP contribution < -0.4 is 0 Å². The largest absolute Gasteiger partial charge is 0.419 e. The van der Waals surface area contributed by atoms with Gasteiger partial charge in [-0.2, -0.15) is 0 Å². The minimum atomic E-state index is -1.04. The summed E-state index contributed by atoms with van der Waals surface area (Å²) in [4.78, 5) is 0. The molecule has 2 aliphatic carbocycles. The third-order valence-corrected chi connectivity index (χ3v) is 7.97. The van der Waals surface area contributed by atoms with Gasteiger partial charge in [0.1, 0.15) is 11.2 Å². The highest BCUT2D eigenvalue weighted by atomic mass is 31.1. The summed E-state index contributed by atoms with van der Waals surface area (Å²) in [5.41, 5.74) is 8.18. The van der Waals surface area contributed by atoms with E-state index in [4.69, 9.17) is 8.39 Å². The Morgan fingerprint density at radius 2 is 1.11 bits per heavy atom. The summed E-state index contributed by atoms with van der Waals surface area (Å²) in [6, 6.07) is 9.07. The summed E-state index contributed by atoms with van der Waals surface area (Å²) in [6.45, 7) is 6.67. The SMILES string of the molecule is CC(C)(C)p1oc2ccc3c(c2c2c4c(ccc2o1)CCCC4)CCCC3. The molecule has 0 aliphatic heterocycles. The van der Waals surface area contributed by atoms with E-state index in [1.165, 1.54) is 84.4 Å². The zero-order chi connectivity index (χ0) is 18.6. The quantitative estimate of drug-likeness (QED) is 0.397. The summed E-state index contributed by atoms with van der Waals surface area (Å²) in [6.07, 6.45) is 9.89. The van der Waals surface area contributed by atoms with Crippen molar-refractivity contribution in [1.82, 2.24) is 0 Å².